The first-order valence-electron chi connectivity index (χ1n) is 9.94. The van der Waals surface area contributed by atoms with E-state index >= 15 is 0 Å². The molecule has 2 aromatic rings. The molecular weight excluding hydrogens is 425 g/mol. The Hall–Kier alpha value is -2.25. The lowest BCUT2D eigenvalue weighted by molar-refractivity contribution is -0.133. The summed E-state index contributed by atoms with van der Waals surface area (Å²) in [7, 11) is 5.14. The number of ether oxygens (including phenoxy) is 1. The number of hydrogen-bond acceptors (Lipinski definition) is 6. The molecule has 3 rings (SSSR count). The molecule has 0 bridgehead atoms. The van der Waals surface area contributed by atoms with Gasteiger partial charge < -0.3 is 19.9 Å². The van der Waals surface area contributed by atoms with Gasteiger partial charge in [-0.25, -0.2) is 0 Å². The first kappa shape index (κ1) is 22.4. The van der Waals surface area contributed by atoms with Crippen molar-refractivity contribution in [2.24, 2.45) is 5.92 Å². The van der Waals surface area contributed by atoms with Gasteiger partial charge in [-0.2, -0.15) is 9.97 Å². The lowest BCUT2D eigenvalue weighted by Gasteiger charge is -2.34. The van der Waals surface area contributed by atoms with Crippen LogP contribution in [0.15, 0.2) is 24.3 Å². The third kappa shape index (κ3) is 5.67. The van der Waals surface area contributed by atoms with Gasteiger partial charge in [0.15, 0.2) is 0 Å². The Bertz CT molecular complexity index is 894. The SMILES string of the molecule is COc1nc(NCCc2ccc(Cl)cc2Cl)cc(N2CCCC(C(=O)N(C)C)C2)n1. The summed E-state index contributed by atoms with van der Waals surface area (Å²) < 4.78 is 5.30. The maximum absolute atomic E-state index is 12.4. The van der Waals surface area contributed by atoms with Crippen LogP contribution >= 0.6 is 23.2 Å². The summed E-state index contributed by atoms with van der Waals surface area (Å²) in [6.45, 7) is 2.12. The fourth-order valence-corrected chi connectivity index (χ4v) is 4.06. The minimum atomic E-state index is -0.0295. The molecule has 0 aliphatic carbocycles. The summed E-state index contributed by atoms with van der Waals surface area (Å²) in [6, 6.07) is 7.69. The molecule has 9 heteroatoms. The van der Waals surface area contributed by atoms with Crippen molar-refractivity contribution in [2.75, 3.05) is 51.1 Å². The highest BCUT2D eigenvalue weighted by Gasteiger charge is 2.28. The summed E-state index contributed by atoms with van der Waals surface area (Å²) in [5.74, 6) is 1.55. The Morgan fingerprint density at radius 2 is 2.10 bits per heavy atom. The number of anilines is 2. The van der Waals surface area contributed by atoms with E-state index in [4.69, 9.17) is 27.9 Å². The Balaban J connectivity index is 1.69. The molecule has 1 N–H and O–H groups in total. The smallest absolute Gasteiger partial charge is 0.320 e. The predicted molar refractivity (Wildman–Crippen MR) is 121 cm³/mol. The molecule has 30 heavy (non-hydrogen) atoms. The zero-order valence-electron chi connectivity index (χ0n) is 17.5. The zero-order valence-corrected chi connectivity index (χ0v) is 19.0. The minimum absolute atomic E-state index is 0.0295. The Morgan fingerprint density at radius 1 is 1.30 bits per heavy atom. The van der Waals surface area contributed by atoms with E-state index in [-0.39, 0.29) is 11.8 Å². The quantitative estimate of drug-likeness (QED) is 0.690. The van der Waals surface area contributed by atoms with Crippen LogP contribution < -0.4 is 15.0 Å². The van der Waals surface area contributed by atoms with Crippen LogP contribution in [0.5, 0.6) is 6.01 Å². The van der Waals surface area contributed by atoms with Gasteiger partial charge in [0.05, 0.1) is 13.0 Å². The van der Waals surface area contributed by atoms with Gasteiger partial charge in [0.2, 0.25) is 5.91 Å². The number of hydrogen-bond donors (Lipinski definition) is 1. The molecule has 0 radical (unpaired) electrons. The van der Waals surface area contributed by atoms with Crippen LogP contribution in [-0.4, -0.2) is 61.6 Å². The van der Waals surface area contributed by atoms with E-state index in [0.29, 0.717) is 35.0 Å². The highest BCUT2D eigenvalue weighted by atomic mass is 35.5. The molecule has 0 saturated carbocycles. The van der Waals surface area contributed by atoms with Crippen LogP contribution in [0.3, 0.4) is 0 Å². The highest BCUT2D eigenvalue weighted by molar-refractivity contribution is 6.35. The Morgan fingerprint density at radius 3 is 2.80 bits per heavy atom. The highest BCUT2D eigenvalue weighted by Crippen LogP contribution is 2.26. The fourth-order valence-electron chi connectivity index (χ4n) is 3.56. The normalized spacial score (nSPS) is 16.3. The van der Waals surface area contributed by atoms with Gasteiger partial charge in [-0.3, -0.25) is 4.79 Å². The number of amides is 1. The second-order valence-corrected chi connectivity index (χ2v) is 8.37. The minimum Gasteiger partial charge on any atom is -0.467 e. The van der Waals surface area contributed by atoms with Crippen LogP contribution in [0.1, 0.15) is 18.4 Å². The van der Waals surface area contributed by atoms with E-state index < -0.39 is 0 Å². The largest absolute Gasteiger partial charge is 0.467 e. The van der Waals surface area contributed by atoms with Crippen LogP contribution in [0.4, 0.5) is 11.6 Å². The maximum atomic E-state index is 12.4. The molecule has 1 aromatic heterocycles. The number of benzene rings is 1. The van der Waals surface area contributed by atoms with E-state index in [0.717, 1.165) is 37.2 Å². The van der Waals surface area contributed by atoms with Crippen molar-refractivity contribution >= 4 is 40.7 Å². The third-order valence-electron chi connectivity index (χ3n) is 5.13. The monoisotopic (exact) mass is 451 g/mol. The molecule has 1 aliphatic heterocycles. The molecule has 2 heterocycles. The molecule has 162 valence electrons. The number of nitrogens with one attached hydrogen (secondary N) is 1. The second-order valence-electron chi connectivity index (χ2n) is 7.53. The fraction of sp³-hybridized carbons (Fsp3) is 0.476. The number of carbonyl (C=O) groups is 1. The molecule has 1 amide bonds. The molecule has 1 aliphatic rings. The first-order valence-corrected chi connectivity index (χ1v) is 10.7. The molecule has 1 atom stereocenters. The van der Waals surface area contributed by atoms with E-state index in [9.17, 15) is 4.79 Å². The summed E-state index contributed by atoms with van der Waals surface area (Å²) in [4.78, 5) is 25.1. The van der Waals surface area contributed by atoms with Gasteiger partial charge in [-0.05, 0) is 37.0 Å². The summed E-state index contributed by atoms with van der Waals surface area (Å²) in [6.07, 6.45) is 2.55. The molecular formula is C21H27Cl2N5O2. The number of piperidine rings is 1. The zero-order chi connectivity index (χ0) is 21.7. The summed E-state index contributed by atoms with van der Waals surface area (Å²) in [5.41, 5.74) is 1.01. The van der Waals surface area contributed by atoms with Crippen molar-refractivity contribution in [1.29, 1.82) is 0 Å². The lowest BCUT2D eigenvalue weighted by Crippen LogP contribution is -2.43. The molecule has 1 unspecified atom stereocenters. The number of methoxy groups -OCH3 is 1. The average Bonchev–Trinajstić information content (AvgIpc) is 2.74. The first-order chi connectivity index (χ1) is 14.4. The Kier molecular flexibility index (Phi) is 7.61. The van der Waals surface area contributed by atoms with Gasteiger partial charge >= 0.3 is 6.01 Å². The van der Waals surface area contributed by atoms with Gasteiger partial charge in [-0.1, -0.05) is 29.3 Å². The van der Waals surface area contributed by atoms with E-state index in [1.165, 1.54) is 0 Å². The average molecular weight is 452 g/mol. The number of aromatic nitrogens is 2. The van der Waals surface area contributed by atoms with Crippen molar-refractivity contribution in [3.05, 3.63) is 39.9 Å². The van der Waals surface area contributed by atoms with E-state index in [1.54, 1.807) is 32.2 Å². The van der Waals surface area contributed by atoms with Crippen molar-refractivity contribution in [3.8, 4) is 6.01 Å². The van der Waals surface area contributed by atoms with Gasteiger partial charge in [-0.15, -0.1) is 0 Å². The van der Waals surface area contributed by atoms with Gasteiger partial charge in [0.1, 0.15) is 11.6 Å². The topological polar surface area (TPSA) is 70.6 Å². The van der Waals surface area contributed by atoms with Crippen molar-refractivity contribution < 1.29 is 9.53 Å². The summed E-state index contributed by atoms with van der Waals surface area (Å²) >= 11 is 12.2. The molecule has 7 nitrogen and oxygen atoms in total. The lowest BCUT2D eigenvalue weighted by atomic mass is 9.97. The van der Waals surface area contributed by atoms with Crippen LogP contribution in [0, 0.1) is 5.92 Å². The number of halogens is 2. The van der Waals surface area contributed by atoms with E-state index in [1.807, 2.05) is 18.2 Å². The predicted octanol–water partition coefficient (Wildman–Crippen LogP) is 3.75. The second kappa shape index (κ2) is 10.2. The van der Waals surface area contributed by atoms with Gasteiger partial charge in [0.25, 0.3) is 0 Å². The van der Waals surface area contributed by atoms with Crippen LogP contribution in [-0.2, 0) is 11.2 Å². The number of rotatable bonds is 7. The van der Waals surface area contributed by atoms with Crippen molar-refractivity contribution in [1.82, 2.24) is 14.9 Å². The van der Waals surface area contributed by atoms with Crippen molar-refractivity contribution in [2.45, 2.75) is 19.3 Å². The number of carbonyl (C=O) groups excluding carboxylic acids is 1. The maximum Gasteiger partial charge on any atom is 0.320 e. The molecule has 1 aromatic carbocycles. The molecule has 1 saturated heterocycles. The standard InChI is InChI=1S/C21H27Cl2N5O2/c1-27(2)20(29)15-5-4-10-28(13-15)19-12-18(25-21(26-19)30-3)24-9-8-14-6-7-16(22)11-17(14)23/h6-7,11-12,15H,4-5,8-10,13H2,1-3H3,(H,24,25,26). The van der Waals surface area contributed by atoms with Crippen LogP contribution in [0.2, 0.25) is 10.0 Å². The van der Waals surface area contributed by atoms with Gasteiger partial charge in [0, 0.05) is 49.8 Å². The molecule has 1 fully saturated rings. The van der Waals surface area contributed by atoms with Crippen LogP contribution in [0.25, 0.3) is 0 Å². The summed E-state index contributed by atoms with van der Waals surface area (Å²) in [5, 5.41) is 4.59. The van der Waals surface area contributed by atoms with Crippen molar-refractivity contribution in [3.63, 3.8) is 0 Å². The third-order valence-corrected chi connectivity index (χ3v) is 5.71. The Labute approximate surface area is 187 Å². The molecule has 0 spiro atoms. The number of nitrogens with zero attached hydrogens (tertiary/aromatic N) is 4. The van der Waals surface area contributed by atoms with E-state index in [2.05, 4.69) is 20.2 Å².